The van der Waals surface area contributed by atoms with Gasteiger partial charge in [0.2, 0.25) is 0 Å². The van der Waals surface area contributed by atoms with Crippen molar-refractivity contribution >= 4 is 17.2 Å². The van der Waals surface area contributed by atoms with E-state index >= 15 is 0 Å². The summed E-state index contributed by atoms with van der Waals surface area (Å²) in [6.07, 6.45) is 1.10. The molecule has 0 saturated heterocycles. The zero-order chi connectivity index (χ0) is 14.6. The standard InChI is InChI=1S/C13H15NO5/c1-8(2)10(7-13(15)16)9-4-5-11(14(17)18)12(6-9)19-3/h4-8H,1-3H3,(H,15,16). The molecule has 0 aliphatic rings. The molecule has 1 aromatic rings. The SMILES string of the molecule is COc1cc(C(=CC(=O)O)C(C)C)ccc1[N+](=O)[O-]. The lowest BCUT2D eigenvalue weighted by atomic mass is 9.94. The number of hydrogen-bond acceptors (Lipinski definition) is 4. The summed E-state index contributed by atoms with van der Waals surface area (Å²) in [4.78, 5) is 21.0. The van der Waals surface area contributed by atoms with Crippen LogP contribution in [0.15, 0.2) is 24.3 Å². The van der Waals surface area contributed by atoms with Crippen LogP contribution < -0.4 is 4.74 Å². The lowest BCUT2D eigenvalue weighted by Gasteiger charge is -2.12. The third-order valence-electron chi connectivity index (χ3n) is 2.61. The van der Waals surface area contributed by atoms with Crippen LogP contribution in [0.5, 0.6) is 5.75 Å². The van der Waals surface area contributed by atoms with Gasteiger partial charge >= 0.3 is 11.7 Å². The van der Waals surface area contributed by atoms with Crippen molar-refractivity contribution in [2.75, 3.05) is 7.11 Å². The average Bonchev–Trinajstić information content (AvgIpc) is 2.34. The van der Waals surface area contributed by atoms with Crippen LogP contribution in [0.2, 0.25) is 0 Å². The molecular weight excluding hydrogens is 250 g/mol. The van der Waals surface area contributed by atoms with Crippen molar-refractivity contribution in [3.8, 4) is 5.75 Å². The molecule has 0 amide bonds. The first-order valence-corrected chi connectivity index (χ1v) is 5.64. The number of carboxylic acid groups (broad SMARTS) is 1. The van der Waals surface area contributed by atoms with Gasteiger partial charge in [-0.1, -0.05) is 13.8 Å². The molecule has 0 unspecified atom stereocenters. The lowest BCUT2D eigenvalue weighted by Crippen LogP contribution is -2.00. The Morgan fingerprint density at radius 1 is 1.47 bits per heavy atom. The molecule has 1 N–H and O–H groups in total. The van der Waals surface area contributed by atoms with E-state index in [2.05, 4.69) is 0 Å². The minimum atomic E-state index is -1.05. The topological polar surface area (TPSA) is 89.7 Å². The molecule has 102 valence electrons. The van der Waals surface area contributed by atoms with Crippen LogP contribution in [0.4, 0.5) is 5.69 Å². The predicted molar refractivity (Wildman–Crippen MR) is 70.1 cm³/mol. The van der Waals surface area contributed by atoms with Gasteiger partial charge in [0.1, 0.15) is 0 Å². The Hall–Kier alpha value is -2.37. The van der Waals surface area contributed by atoms with Gasteiger partial charge in [-0.05, 0) is 29.2 Å². The maximum absolute atomic E-state index is 10.8. The molecular formula is C13H15NO5. The number of methoxy groups -OCH3 is 1. The van der Waals surface area contributed by atoms with E-state index in [1.165, 1.54) is 25.3 Å². The fourth-order valence-electron chi connectivity index (χ4n) is 1.72. The number of nitrogens with zero attached hydrogens (tertiary/aromatic N) is 1. The number of nitro groups is 1. The van der Waals surface area contributed by atoms with Crippen LogP contribution >= 0.6 is 0 Å². The first-order valence-electron chi connectivity index (χ1n) is 5.64. The number of rotatable bonds is 5. The second kappa shape index (κ2) is 5.99. The first-order chi connectivity index (χ1) is 8.86. The lowest BCUT2D eigenvalue weighted by molar-refractivity contribution is -0.385. The quantitative estimate of drug-likeness (QED) is 0.502. The van der Waals surface area contributed by atoms with Gasteiger partial charge in [-0.2, -0.15) is 0 Å². The molecule has 0 atom stereocenters. The maximum Gasteiger partial charge on any atom is 0.328 e. The summed E-state index contributed by atoms with van der Waals surface area (Å²) in [7, 11) is 1.34. The summed E-state index contributed by atoms with van der Waals surface area (Å²) >= 11 is 0. The number of carboxylic acids is 1. The van der Waals surface area contributed by atoms with E-state index < -0.39 is 10.9 Å². The van der Waals surface area contributed by atoms with E-state index in [4.69, 9.17) is 9.84 Å². The Morgan fingerprint density at radius 2 is 2.11 bits per heavy atom. The third-order valence-corrected chi connectivity index (χ3v) is 2.61. The minimum absolute atomic E-state index is 0.0257. The van der Waals surface area contributed by atoms with Gasteiger partial charge in [-0.15, -0.1) is 0 Å². The smallest absolute Gasteiger partial charge is 0.328 e. The van der Waals surface area contributed by atoms with Crippen molar-refractivity contribution in [1.82, 2.24) is 0 Å². The number of ether oxygens (including phenoxy) is 1. The van der Waals surface area contributed by atoms with Gasteiger partial charge < -0.3 is 9.84 Å². The van der Waals surface area contributed by atoms with Crippen LogP contribution in [-0.2, 0) is 4.79 Å². The zero-order valence-electron chi connectivity index (χ0n) is 10.9. The molecule has 0 radical (unpaired) electrons. The Morgan fingerprint density at radius 3 is 2.53 bits per heavy atom. The number of carbonyl (C=O) groups is 1. The zero-order valence-corrected chi connectivity index (χ0v) is 10.9. The maximum atomic E-state index is 10.8. The van der Waals surface area contributed by atoms with Crippen molar-refractivity contribution < 1.29 is 19.6 Å². The first kappa shape index (κ1) is 14.7. The van der Waals surface area contributed by atoms with E-state index in [0.29, 0.717) is 11.1 Å². The van der Waals surface area contributed by atoms with Gasteiger partial charge in [0, 0.05) is 12.1 Å². The molecule has 0 fully saturated rings. The molecule has 1 rings (SSSR count). The van der Waals surface area contributed by atoms with E-state index in [1.807, 2.05) is 13.8 Å². The van der Waals surface area contributed by atoms with Crippen molar-refractivity contribution in [3.05, 3.63) is 40.0 Å². The highest BCUT2D eigenvalue weighted by Gasteiger charge is 2.17. The summed E-state index contributed by atoms with van der Waals surface area (Å²) in [5.41, 5.74) is 1.03. The monoisotopic (exact) mass is 265 g/mol. The third kappa shape index (κ3) is 3.54. The Kier molecular flexibility index (Phi) is 4.63. The second-order valence-corrected chi connectivity index (χ2v) is 4.24. The summed E-state index contributed by atoms with van der Waals surface area (Å²) < 4.78 is 4.97. The molecule has 0 spiro atoms. The molecule has 0 saturated carbocycles. The van der Waals surface area contributed by atoms with Gasteiger partial charge in [0.05, 0.1) is 12.0 Å². The van der Waals surface area contributed by atoms with Crippen molar-refractivity contribution in [3.63, 3.8) is 0 Å². The molecule has 6 nitrogen and oxygen atoms in total. The Balaban J connectivity index is 3.35. The molecule has 0 aromatic heterocycles. The fraction of sp³-hybridized carbons (Fsp3) is 0.308. The summed E-state index contributed by atoms with van der Waals surface area (Å²) in [5.74, 6) is -0.970. The average molecular weight is 265 g/mol. The predicted octanol–water partition coefficient (Wildman–Crippen LogP) is 2.73. The number of hydrogen-bond donors (Lipinski definition) is 1. The van der Waals surface area contributed by atoms with Gasteiger partial charge in [-0.3, -0.25) is 10.1 Å². The van der Waals surface area contributed by atoms with Gasteiger partial charge in [-0.25, -0.2) is 4.79 Å². The van der Waals surface area contributed by atoms with Crippen LogP contribution in [0.1, 0.15) is 19.4 Å². The molecule has 0 aliphatic carbocycles. The minimum Gasteiger partial charge on any atom is -0.490 e. The van der Waals surface area contributed by atoms with Crippen LogP contribution in [-0.4, -0.2) is 23.1 Å². The van der Waals surface area contributed by atoms with Crippen LogP contribution in [0, 0.1) is 16.0 Å². The van der Waals surface area contributed by atoms with Gasteiger partial charge in [0.25, 0.3) is 0 Å². The highest BCUT2D eigenvalue weighted by atomic mass is 16.6. The summed E-state index contributed by atoms with van der Waals surface area (Å²) in [5, 5.41) is 19.6. The second-order valence-electron chi connectivity index (χ2n) is 4.24. The molecule has 0 heterocycles. The Bertz CT molecular complexity index is 534. The number of aliphatic carboxylic acids is 1. The van der Waals surface area contributed by atoms with Crippen molar-refractivity contribution in [1.29, 1.82) is 0 Å². The Labute approximate surface area is 110 Å². The van der Waals surface area contributed by atoms with E-state index in [-0.39, 0.29) is 17.4 Å². The summed E-state index contributed by atoms with van der Waals surface area (Å²) in [6, 6.07) is 4.31. The van der Waals surface area contributed by atoms with Crippen molar-refractivity contribution in [2.45, 2.75) is 13.8 Å². The number of benzene rings is 1. The highest BCUT2D eigenvalue weighted by Crippen LogP contribution is 2.32. The number of allylic oxidation sites excluding steroid dienone is 1. The van der Waals surface area contributed by atoms with Crippen molar-refractivity contribution in [2.24, 2.45) is 5.92 Å². The molecule has 19 heavy (non-hydrogen) atoms. The van der Waals surface area contributed by atoms with E-state index in [1.54, 1.807) is 0 Å². The normalized spacial score (nSPS) is 11.5. The largest absolute Gasteiger partial charge is 0.490 e. The van der Waals surface area contributed by atoms with Gasteiger partial charge in [0.15, 0.2) is 5.75 Å². The van der Waals surface area contributed by atoms with Crippen LogP contribution in [0.25, 0.3) is 5.57 Å². The van der Waals surface area contributed by atoms with Crippen LogP contribution in [0.3, 0.4) is 0 Å². The molecule has 1 aromatic carbocycles. The van der Waals surface area contributed by atoms with E-state index in [9.17, 15) is 14.9 Å². The molecule has 6 heteroatoms. The molecule has 0 bridgehead atoms. The fourth-order valence-corrected chi connectivity index (χ4v) is 1.72. The molecule has 0 aliphatic heterocycles. The van der Waals surface area contributed by atoms with E-state index in [0.717, 1.165) is 6.08 Å². The summed E-state index contributed by atoms with van der Waals surface area (Å²) in [6.45, 7) is 3.70. The number of nitro benzene ring substituents is 1. The highest BCUT2D eigenvalue weighted by molar-refractivity contribution is 5.90.